The molecule has 6 heteroatoms. The highest BCUT2D eigenvalue weighted by atomic mass is 32.2. The van der Waals surface area contributed by atoms with E-state index >= 15 is 0 Å². The Balaban J connectivity index is 0. The van der Waals surface area contributed by atoms with Gasteiger partial charge in [-0.05, 0) is 26.0 Å². The van der Waals surface area contributed by atoms with Crippen LogP contribution < -0.4 is 5.73 Å². The van der Waals surface area contributed by atoms with Crippen LogP contribution in [0.5, 0.6) is 0 Å². The maximum Gasteiger partial charge on any atom is 0.264 e. The molecule has 0 atom stereocenters. The molecule has 0 saturated carbocycles. The van der Waals surface area contributed by atoms with Crippen LogP contribution in [0.3, 0.4) is 0 Å². The van der Waals surface area contributed by atoms with Crippen molar-refractivity contribution in [3.8, 4) is 0 Å². The number of ketones is 1. The lowest BCUT2D eigenvalue weighted by Gasteiger charge is -1.85. The lowest BCUT2D eigenvalue weighted by Crippen LogP contribution is -2.04. The topological polar surface area (TPSA) is 97.5 Å². The molecule has 5 nitrogen and oxygen atoms in total. The number of hydrogen-bond donors (Lipinski definition) is 2. The van der Waals surface area contributed by atoms with Gasteiger partial charge in [0.1, 0.15) is 0 Å². The molecule has 0 aromatic heterocycles. The summed E-state index contributed by atoms with van der Waals surface area (Å²) >= 11 is 0. The van der Waals surface area contributed by atoms with Crippen molar-refractivity contribution in [1.29, 1.82) is 0 Å². The molecule has 0 rings (SSSR count). The Morgan fingerprint density at radius 2 is 2.00 bits per heavy atom. The van der Waals surface area contributed by atoms with Crippen LogP contribution in [0.15, 0.2) is 12.2 Å². The van der Waals surface area contributed by atoms with Crippen molar-refractivity contribution in [2.45, 2.75) is 26.7 Å². The second kappa shape index (κ2) is 9.82. The zero-order chi connectivity index (χ0) is 12.3. The lowest BCUT2D eigenvalue weighted by atomic mass is 10.3. The fourth-order valence-electron chi connectivity index (χ4n) is 0.669. The zero-order valence-electron chi connectivity index (χ0n) is 9.14. The van der Waals surface area contributed by atoms with Gasteiger partial charge < -0.3 is 5.73 Å². The maximum atomic E-state index is 10.5. The number of rotatable bonds is 5. The minimum atomic E-state index is -3.67. The molecular formula is C9H19NO4S. The van der Waals surface area contributed by atoms with Crippen molar-refractivity contribution in [2.75, 3.05) is 12.3 Å². The molecule has 0 aliphatic rings. The SMILES string of the molecule is CC=CC(=O)CCN.CCCS(=O)(=O)O. The highest BCUT2D eigenvalue weighted by molar-refractivity contribution is 7.85. The number of nitrogens with two attached hydrogens (primary N) is 1. The van der Waals surface area contributed by atoms with E-state index in [0.717, 1.165) is 0 Å². The van der Waals surface area contributed by atoms with E-state index in [0.29, 0.717) is 19.4 Å². The van der Waals surface area contributed by atoms with Crippen LogP contribution in [0.1, 0.15) is 26.7 Å². The molecule has 0 fully saturated rings. The number of allylic oxidation sites excluding steroid dienone is 2. The maximum absolute atomic E-state index is 10.5. The molecule has 90 valence electrons. The molecule has 0 aliphatic heterocycles. The molecule has 0 amide bonds. The van der Waals surface area contributed by atoms with Gasteiger partial charge in [-0.1, -0.05) is 13.0 Å². The van der Waals surface area contributed by atoms with Gasteiger partial charge in [0.2, 0.25) is 0 Å². The Kier molecular flexibility index (Phi) is 10.9. The summed E-state index contributed by atoms with van der Waals surface area (Å²) in [5, 5.41) is 0. The summed E-state index contributed by atoms with van der Waals surface area (Å²) in [5.41, 5.74) is 5.10. The fourth-order valence-corrected chi connectivity index (χ4v) is 1.19. The van der Waals surface area contributed by atoms with Gasteiger partial charge in [-0.3, -0.25) is 9.35 Å². The molecule has 0 spiro atoms. The Morgan fingerprint density at radius 3 is 2.20 bits per heavy atom. The van der Waals surface area contributed by atoms with E-state index in [1.807, 2.05) is 6.92 Å². The van der Waals surface area contributed by atoms with E-state index in [9.17, 15) is 13.2 Å². The van der Waals surface area contributed by atoms with Gasteiger partial charge in [-0.2, -0.15) is 8.42 Å². The Morgan fingerprint density at radius 1 is 1.47 bits per heavy atom. The van der Waals surface area contributed by atoms with Gasteiger partial charge in [0.15, 0.2) is 5.78 Å². The van der Waals surface area contributed by atoms with Crippen LogP contribution in [0, 0.1) is 0 Å². The minimum Gasteiger partial charge on any atom is -0.330 e. The lowest BCUT2D eigenvalue weighted by molar-refractivity contribution is -0.114. The Bertz CT molecular complexity index is 282. The average Bonchev–Trinajstić information content (AvgIpc) is 2.03. The predicted octanol–water partition coefficient (Wildman–Crippen LogP) is 0.765. The molecule has 0 unspecified atom stereocenters. The first-order valence-electron chi connectivity index (χ1n) is 4.68. The molecule has 0 aliphatic carbocycles. The van der Waals surface area contributed by atoms with E-state index in [1.54, 1.807) is 13.0 Å². The first-order valence-corrected chi connectivity index (χ1v) is 6.29. The molecular weight excluding hydrogens is 218 g/mol. The summed E-state index contributed by atoms with van der Waals surface area (Å²) in [6, 6.07) is 0. The van der Waals surface area contributed by atoms with E-state index < -0.39 is 10.1 Å². The van der Waals surface area contributed by atoms with E-state index in [2.05, 4.69) is 0 Å². The van der Waals surface area contributed by atoms with Crippen molar-refractivity contribution in [2.24, 2.45) is 5.73 Å². The largest absolute Gasteiger partial charge is 0.330 e. The second-order valence-corrected chi connectivity index (χ2v) is 4.36. The predicted molar refractivity (Wildman–Crippen MR) is 60.2 cm³/mol. The van der Waals surface area contributed by atoms with Gasteiger partial charge in [0.05, 0.1) is 5.75 Å². The fraction of sp³-hybridized carbons (Fsp3) is 0.667. The van der Waals surface area contributed by atoms with Gasteiger partial charge in [0, 0.05) is 6.42 Å². The van der Waals surface area contributed by atoms with E-state index in [-0.39, 0.29) is 11.5 Å². The quantitative estimate of drug-likeness (QED) is 0.543. The summed E-state index contributed by atoms with van der Waals surface area (Å²) in [6.07, 6.45) is 4.19. The minimum absolute atomic E-state index is 0.106. The standard InChI is InChI=1S/C6H11NO.C3H8O3S/c1-2-3-6(8)4-5-7;1-2-3-7(4,5)6/h2-3H,4-5,7H2,1H3;2-3H2,1H3,(H,4,5,6). The molecule has 0 radical (unpaired) electrons. The number of carbonyl (C=O) groups is 1. The summed E-state index contributed by atoms with van der Waals surface area (Å²) in [7, 11) is -3.67. The van der Waals surface area contributed by atoms with Crippen molar-refractivity contribution < 1.29 is 17.8 Å². The molecule has 0 bridgehead atoms. The zero-order valence-corrected chi connectivity index (χ0v) is 9.96. The third kappa shape index (κ3) is 19.6. The van der Waals surface area contributed by atoms with Crippen molar-refractivity contribution in [3.63, 3.8) is 0 Å². The smallest absolute Gasteiger partial charge is 0.264 e. The van der Waals surface area contributed by atoms with Crippen molar-refractivity contribution in [1.82, 2.24) is 0 Å². The first kappa shape index (κ1) is 16.7. The summed E-state index contributed by atoms with van der Waals surface area (Å²) in [5.74, 6) is -0.0255. The van der Waals surface area contributed by atoms with Crippen LogP contribution in [0.2, 0.25) is 0 Å². The van der Waals surface area contributed by atoms with Gasteiger partial charge in [-0.15, -0.1) is 0 Å². The van der Waals surface area contributed by atoms with Crippen molar-refractivity contribution >= 4 is 15.9 Å². The van der Waals surface area contributed by atoms with Crippen LogP contribution in [0.25, 0.3) is 0 Å². The Labute approximate surface area is 91.1 Å². The first-order chi connectivity index (χ1) is 6.87. The van der Waals surface area contributed by atoms with Gasteiger partial charge in [-0.25, -0.2) is 0 Å². The Hall–Kier alpha value is -0.720. The van der Waals surface area contributed by atoms with E-state index in [1.165, 1.54) is 6.08 Å². The molecule has 15 heavy (non-hydrogen) atoms. The highest BCUT2D eigenvalue weighted by Crippen LogP contribution is 1.83. The number of hydrogen-bond acceptors (Lipinski definition) is 4. The highest BCUT2D eigenvalue weighted by Gasteiger charge is 1.98. The third-order valence-corrected chi connectivity index (χ3v) is 2.13. The van der Waals surface area contributed by atoms with Crippen LogP contribution >= 0.6 is 0 Å². The number of carbonyl (C=O) groups excluding carboxylic acids is 1. The van der Waals surface area contributed by atoms with E-state index in [4.69, 9.17) is 10.3 Å². The normalized spacial score (nSPS) is 10.9. The van der Waals surface area contributed by atoms with Crippen LogP contribution in [-0.2, 0) is 14.9 Å². The van der Waals surface area contributed by atoms with Crippen LogP contribution in [-0.4, -0.2) is 31.1 Å². The summed E-state index contributed by atoms with van der Waals surface area (Å²) in [6.45, 7) is 3.95. The molecule has 0 heterocycles. The third-order valence-electron chi connectivity index (χ3n) is 1.21. The second-order valence-electron chi connectivity index (χ2n) is 2.79. The summed E-state index contributed by atoms with van der Waals surface area (Å²) < 4.78 is 27.6. The molecule has 0 aromatic rings. The van der Waals surface area contributed by atoms with Crippen LogP contribution in [0.4, 0.5) is 0 Å². The van der Waals surface area contributed by atoms with Gasteiger partial charge >= 0.3 is 0 Å². The summed E-state index contributed by atoms with van der Waals surface area (Å²) in [4.78, 5) is 10.5. The molecule has 0 aromatic carbocycles. The van der Waals surface area contributed by atoms with Gasteiger partial charge in [0.25, 0.3) is 10.1 Å². The molecule has 3 N–H and O–H groups in total. The van der Waals surface area contributed by atoms with Crippen molar-refractivity contribution in [3.05, 3.63) is 12.2 Å². The molecule has 0 saturated heterocycles. The monoisotopic (exact) mass is 237 g/mol. The average molecular weight is 237 g/mol.